The first-order valence-corrected chi connectivity index (χ1v) is 13.3. The third-order valence-electron chi connectivity index (χ3n) is 7.36. The molecule has 1 saturated heterocycles. The Labute approximate surface area is 230 Å². The summed E-state index contributed by atoms with van der Waals surface area (Å²) >= 11 is 1.68. The monoisotopic (exact) mass is 549 g/mol. The van der Waals surface area contributed by atoms with Gasteiger partial charge < -0.3 is 15.5 Å². The summed E-state index contributed by atoms with van der Waals surface area (Å²) in [5, 5.41) is 7.56. The van der Waals surface area contributed by atoms with Crippen LogP contribution in [0.25, 0.3) is 20.7 Å². The van der Waals surface area contributed by atoms with Gasteiger partial charge in [0, 0.05) is 34.4 Å². The number of amides is 1. The van der Waals surface area contributed by atoms with Gasteiger partial charge in [-0.15, -0.1) is 36.2 Å². The number of piperidine rings is 1. The first-order chi connectivity index (χ1) is 16.4. The van der Waals surface area contributed by atoms with Crippen molar-refractivity contribution in [2.75, 3.05) is 32.0 Å². The minimum Gasteiger partial charge on any atom is -0.354 e. The van der Waals surface area contributed by atoms with Crippen LogP contribution in [0.1, 0.15) is 61.4 Å². The van der Waals surface area contributed by atoms with E-state index in [1.54, 1.807) is 11.3 Å². The molecule has 0 bridgehead atoms. The van der Waals surface area contributed by atoms with E-state index in [0.717, 1.165) is 57.6 Å². The molecule has 2 aromatic heterocycles. The van der Waals surface area contributed by atoms with E-state index in [9.17, 15) is 4.79 Å². The largest absolute Gasteiger partial charge is 0.354 e. The predicted molar refractivity (Wildman–Crippen MR) is 155 cm³/mol. The zero-order chi connectivity index (χ0) is 23.7. The van der Waals surface area contributed by atoms with Crippen LogP contribution >= 0.6 is 36.2 Å². The highest BCUT2D eigenvalue weighted by Crippen LogP contribution is 2.37. The molecule has 2 N–H and O–H groups in total. The van der Waals surface area contributed by atoms with Gasteiger partial charge in [0.2, 0.25) is 5.95 Å². The predicted octanol–water partition coefficient (Wildman–Crippen LogP) is 6.33. The highest BCUT2D eigenvalue weighted by molar-refractivity contribution is 7.22. The fourth-order valence-corrected chi connectivity index (χ4v) is 5.91. The van der Waals surface area contributed by atoms with Crippen molar-refractivity contribution in [3.05, 3.63) is 41.6 Å². The second-order valence-corrected chi connectivity index (χ2v) is 11.5. The van der Waals surface area contributed by atoms with Gasteiger partial charge in [-0.25, -0.2) is 9.97 Å². The zero-order valence-corrected chi connectivity index (χ0v) is 23.8. The van der Waals surface area contributed by atoms with E-state index in [0.29, 0.717) is 17.4 Å². The number of carbonyl (C=O) groups is 1. The Morgan fingerprint density at radius 1 is 1.22 bits per heavy atom. The van der Waals surface area contributed by atoms with E-state index in [-0.39, 0.29) is 30.7 Å². The molecule has 2 fully saturated rings. The van der Waals surface area contributed by atoms with Crippen molar-refractivity contribution in [3.8, 4) is 10.6 Å². The minimum atomic E-state index is 0. The molecule has 1 aromatic carbocycles. The Kier molecular flexibility index (Phi) is 9.61. The Hall–Kier alpha value is -1.93. The number of benzene rings is 1. The number of rotatable bonds is 8. The molecule has 9 heteroatoms. The summed E-state index contributed by atoms with van der Waals surface area (Å²) in [6.45, 7) is 7.76. The van der Waals surface area contributed by atoms with Gasteiger partial charge in [-0.05, 0) is 94.8 Å². The molecule has 1 amide bonds. The van der Waals surface area contributed by atoms with Crippen LogP contribution in [0.4, 0.5) is 5.95 Å². The standard InChI is InChI=1S/C27H35N5OS.2ClH/c1-18-17-29-26(28-13-5-10-27(2)11-14-32(3)15-12-27)31-24(18)23-16-21-20(6-4-7-22(21)34-23)25(33)30-19-8-9-19;;/h4,6-7,16-17,19H,5,8-15H2,1-3H3,(H,30,33)(H,28,29,31);2*1H. The fraction of sp³-hybridized carbons (Fsp3) is 0.519. The van der Waals surface area contributed by atoms with E-state index in [1.807, 2.05) is 25.3 Å². The average molecular weight is 551 g/mol. The number of fused-ring (bicyclic) bond motifs is 1. The molecule has 1 aliphatic carbocycles. The number of hydrogen-bond donors (Lipinski definition) is 2. The quantitative estimate of drug-likeness (QED) is 0.321. The molecule has 1 saturated carbocycles. The van der Waals surface area contributed by atoms with Crippen molar-refractivity contribution >= 4 is 58.1 Å². The molecule has 3 heterocycles. The average Bonchev–Trinajstić information content (AvgIpc) is 3.53. The summed E-state index contributed by atoms with van der Waals surface area (Å²) in [5.41, 5.74) is 3.18. The van der Waals surface area contributed by atoms with Gasteiger partial charge in [0.25, 0.3) is 5.91 Å². The summed E-state index contributed by atoms with van der Waals surface area (Å²) in [6, 6.07) is 8.43. The van der Waals surface area contributed by atoms with Crippen LogP contribution in [0.15, 0.2) is 30.5 Å². The maximum atomic E-state index is 12.7. The number of hydrogen-bond acceptors (Lipinski definition) is 6. The van der Waals surface area contributed by atoms with Gasteiger partial charge in [0.1, 0.15) is 0 Å². The van der Waals surface area contributed by atoms with Crippen LogP contribution in [0.5, 0.6) is 0 Å². The lowest BCUT2D eigenvalue weighted by Crippen LogP contribution is -2.36. The normalized spacial score (nSPS) is 17.2. The highest BCUT2D eigenvalue weighted by Gasteiger charge is 2.28. The topological polar surface area (TPSA) is 70.2 Å². The third-order valence-corrected chi connectivity index (χ3v) is 8.47. The molecule has 1 aliphatic heterocycles. The minimum absolute atomic E-state index is 0. The number of thiophene rings is 1. The maximum Gasteiger partial charge on any atom is 0.252 e. The molecule has 6 nitrogen and oxygen atoms in total. The zero-order valence-electron chi connectivity index (χ0n) is 21.3. The summed E-state index contributed by atoms with van der Waals surface area (Å²) in [5.74, 6) is 0.704. The molecule has 0 unspecified atom stereocenters. The first-order valence-electron chi connectivity index (χ1n) is 12.5. The summed E-state index contributed by atoms with van der Waals surface area (Å²) in [6.07, 6.45) is 8.98. The lowest BCUT2D eigenvalue weighted by atomic mass is 9.77. The van der Waals surface area contributed by atoms with Crippen LogP contribution in [0.3, 0.4) is 0 Å². The number of nitrogens with zero attached hydrogens (tertiary/aromatic N) is 3. The molecule has 0 spiro atoms. The van der Waals surface area contributed by atoms with Gasteiger partial charge in [-0.3, -0.25) is 4.79 Å². The number of nitrogens with one attached hydrogen (secondary N) is 2. The molecule has 5 rings (SSSR count). The van der Waals surface area contributed by atoms with Gasteiger partial charge in [0.05, 0.1) is 10.6 Å². The van der Waals surface area contributed by atoms with Crippen molar-refractivity contribution in [1.82, 2.24) is 20.2 Å². The van der Waals surface area contributed by atoms with Crippen molar-refractivity contribution in [2.24, 2.45) is 5.41 Å². The number of carbonyl (C=O) groups excluding carboxylic acids is 1. The van der Waals surface area contributed by atoms with E-state index >= 15 is 0 Å². The summed E-state index contributed by atoms with van der Waals surface area (Å²) < 4.78 is 1.11. The van der Waals surface area contributed by atoms with Gasteiger partial charge in [-0.2, -0.15) is 0 Å². The van der Waals surface area contributed by atoms with Crippen LogP contribution in [0, 0.1) is 12.3 Å². The number of aryl methyl sites for hydroxylation is 1. The molecule has 36 heavy (non-hydrogen) atoms. The molecule has 0 atom stereocenters. The van der Waals surface area contributed by atoms with Crippen molar-refractivity contribution in [3.63, 3.8) is 0 Å². The van der Waals surface area contributed by atoms with Crippen LogP contribution in [0.2, 0.25) is 0 Å². The smallest absolute Gasteiger partial charge is 0.252 e. The van der Waals surface area contributed by atoms with Gasteiger partial charge in [0.15, 0.2) is 0 Å². The molecule has 2 aliphatic rings. The maximum absolute atomic E-state index is 12.7. The number of anilines is 1. The van der Waals surface area contributed by atoms with E-state index in [1.165, 1.54) is 32.4 Å². The summed E-state index contributed by atoms with van der Waals surface area (Å²) in [7, 11) is 2.22. The molecular weight excluding hydrogens is 513 g/mol. The highest BCUT2D eigenvalue weighted by atomic mass is 35.5. The Bertz CT molecular complexity index is 1190. The third kappa shape index (κ3) is 6.68. The van der Waals surface area contributed by atoms with Gasteiger partial charge >= 0.3 is 0 Å². The van der Waals surface area contributed by atoms with Crippen LogP contribution in [-0.4, -0.2) is 53.5 Å². The Balaban J connectivity index is 0.00000180. The number of likely N-dealkylation sites (tertiary alicyclic amines) is 1. The Morgan fingerprint density at radius 2 is 1.97 bits per heavy atom. The van der Waals surface area contributed by atoms with Crippen LogP contribution < -0.4 is 10.6 Å². The van der Waals surface area contributed by atoms with E-state index in [2.05, 4.69) is 46.6 Å². The number of halogens is 2. The van der Waals surface area contributed by atoms with E-state index < -0.39 is 0 Å². The Morgan fingerprint density at radius 3 is 2.69 bits per heavy atom. The molecule has 3 aromatic rings. The van der Waals surface area contributed by atoms with Crippen molar-refractivity contribution < 1.29 is 4.79 Å². The molecule has 196 valence electrons. The first kappa shape index (κ1) is 28.6. The second kappa shape index (κ2) is 12.1. The van der Waals surface area contributed by atoms with Crippen molar-refractivity contribution in [1.29, 1.82) is 0 Å². The van der Waals surface area contributed by atoms with Crippen LogP contribution in [-0.2, 0) is 0 Å². The fourth-order valence-electron chi connectivity index (χ4n) is 4.77. The lowest BCUT2D eigenvalue weighted by Gasteiger charge is -2.38. The van der Waals surface area contributed by atoms with Crippen molar-refractivity contribution in [2.45, 2.75) is 58.4 Å². The second-order valence-electron chi connectivity index (χ2n) is 10.4. The number of aromatic nitrogens is 2. The molecule has 0 radical (unpaired) electrons. The SMILES string of the molecule is Cc1cnc(NCCCC2(C)CCN(C)CC2)nc1-c1cc2c(C(=O)NC3CC3)cccc2s1.Cl.Cl. The lowest BCUT2D eigenvalue weighted by molar-refractivity contribution is 0.0952. The van der Waals surface area contributed by atoms with E-state index in [4.69, 9.17) is 4.98 Å². The van der Waals surface area contributed by atoms with Gasteiger partial charge in [-0.1, -0.05) is 13.0 Å². The molecular formula is C27H37Cl2N5OS. The summed E-state index contributed by atoms with van der Waals surface area (Å²) in [4.78, 5) is 25.6.